The van der Waals surface area contributed by atoms with E-state index in [0.717, 1.165) is 22.1 Å². The molecule has 0 spiro atoms. The predicted molar refractivity (Wildman–Crippen MR) is 142 cm³/mol. The van der Waals surface area contributed by atoms with Gasteiger partial charge in [-0.05, 0) is 55.9 Å². The highest BCUT2D eigenvalue weighted by atomic mass is 32.1. The fourth-order valence-corrected chi connectivity index (χ4v) is 6.68. The van der Waals surface area contributed by atoms with Crippen LogP contribution in [0.25, 0.3) is 22.3 Å². The molecular formula is C28H28FN3O5S. The van der Waals surface area contributed by atoms with Gasteiger partial charge in [-0.1, -0.05) is 6.92 Å². The summed E-state index contributed by atoms with van der Waals surface area (Å²) in [6.45, 7) is 5.80. The zero-order valence-corrected chi connectivity index (χ0v) is 22.3. The number of halogens is 1. The van der Waals surface area contributed by atoms with E-state index in [-0.39, 0.29) is 59.8 Å². The van der Waals surface area contributed by atoms with Crippen LogP contribution in [0.1, 0.15) is 66.1 Å². The lowest BCUT2D eigenvalue weighted by Gasteiger charge is -2.36. The minimum absolute atomic E-state index is 0.0399. The van der Waals surface area contributed by atoms with Crippen LogP contribution >= 0.6 is 12.6 Å². The van der Waals surface area contributed by atoms with Gasteiger partial charge < -0.3 is 19.3 Å². The van der Waals surface area contributed by atoms with Crippen LogP contribution in [0.3, 0.4) is 0 Å². The van der Waals surface area contributed by atoms with E-state index in [2.05, 4.69) is 12.6 Å². The first kappa shape index (κ1) is 25.1. The van der Waals surface area contributed by atoms with Crippen LogP contribution in [0.2, 0.25) is 0 Å². The van der Waals surface area contributed by atoms with Gasteiger partial charge in [-0.25, -0.2) is 14.2 Å². The van der Waals surface area contributed by atoms with Gasteiger partial charge in [-0.15, -0.1) is 0 Å². The third-order valence-electron chi connectivity index (χ3n) is 8.52. The van der Waals surface area contributed by atoms with Crippen LogP contribution in [-0.4, -0.2) is 43.7 Å². The molecule has 2 aliphatic heterocycles. The summed E-state index contributed by atoms with van der Waals surface area (Å²) >= 11 is 4.23. The summed E-state index contributed by atoms with van der Waals surface area (Å²) in [5.41, 5.74) is 2.70. The number of thiol groups is 1. The molecule has 0 bridgehead atoms. The zero-order valence-electron chi connectivity index (χ0n) is 21.4. The smallest absolute Gasteiger partial charge is 0.343 e. The highest BCUT2D eigenvalue weighted by molar-refractivity contribution is 7.81. The van der Waals surface area contributed by atoms with Crippen LogP contribution in [-0.2, 0) is 39.5 Å². The number of aromatic nitrogens is 2. The van der Waals surface area contributed by atoms with Crippen molar-refractivity contribution < 1.29 is 23.8 Å². The number of benzene rings is 1. The number of nitrogens with zero attached hydrogens (tertiary/aromatic N) is 3. The Bertz CT molecular complexity index is 1630. The number of pyridine rings is 2. The van der Waals surface area contributed by atoms with Crippen LogP contribution in [0.4, 0.5) is 4.39 Å². The van der Waals surface area contributed by atoms with Gasteiger partial charge >= 0.3 is 5.97 Å². The lowest BCUT2D eigenvalue weighted by atomic mass is 9.81. The number of fused-ring (bicyclic) bond motifs is 5. The maximum Gasteiger partial charge on any atom is 0.343 e. The van der Waals surface area contributed by atoms with Gasteiger partial charge in [0, 0.05) is 29.1 Å². The molecule has 10 heteroatoms. The van der Waals surface area contributed by atoms with Crippen molar-refractivity contribution >= 4 is 35.4 Å². The normalized spacial score (nSPS) is 21.1. The fourth-order valence-electron chi connectivity index (χ4n) is 6.50. The quantitative estimate of drug-likeness (QED) is 0.306. The Labute approximate surface area is 223 Å². The molecule has 0 unspecified atom stereocenters. The molecule has 3 aliphatic rings. The van der Waals surface area contributed by atoms with Crippen molar-refractivity contribution in [3.05, 3.63) is 61.7 Å². The molecule has 38 heavy (non-hydrogen) atoms. The van der Waals surface area contributed by atoms with Gasteiger partial charge in [0.2, 0.25) is 5.91 Å². The highest BCUT2D eigenvalue weighted by Gasteiger charge is 2.46. The number of carbonyl (C=O) groups excluding carboxylic acids is 2. The van der Waals surface area contributed by atoms with E-state index in [1.54, 1.807) is 29.4 Å². The average molecular weight is 538 g/mol. The van der Waals surface area contributed by atoms with E-state index in [4.69, 9.17) is 9.72 Å². The molecule has 2 aromatic heterocycles. The Hall–Kier alpha value is -3.24. The minimum Gasteiger partial charge on any atom is -0.458 e. The molecule has 8 nitrogen and oxygen atoms in total. The Morgan fingerprint density at radius 2 is 2.05 bits per heavy atom. The van der Waals surface area contributed by atoms with Gasteiger partial charge in [0.05, 0.1) is 40.8 Å². The van der Waals surface area contributed by atoms with E-state index in [1.807, 2.05) is 6.92 Å². The van der Waals surface area contributed by atoms with Crippen molar-refractivity contribution in [2.45, 2.75) is 64.8 Å². The monoisotopic (exact) mass is 537 g/mol. The lowest BCUT2D eigenvalue weighted by molar-refractivity contribution is -0.172. The summed E-state index contributed by atoms with van der Waals surface area (Å²) in [7, 11) is 0. The van der Waals surface area contributed by atoms with Gasteiger partial charge in [0.25, 0.3) is 5.56 Å². The summed E-state index contributed by atoms with van der Waals surface area (Å²) in [5.74, 6) is -1.19. The molecule has 0 fully saturated rings. The molecule has 2 atom stereocenters. The number of aliphatic hydroxyl groups is 1. The third kappa shape index (κ3) is 3.19. The maximum absolute atomic E-state index is 15.0. The largest absolute Gasteiger partial charge is 0.458 e. The molecule has 198 valence electrons. The number of ether oxygens (including phenoxy) is 1. The van der Waals surface area contributed by atoms with Crippen LogP contribution in [0.15, 0.2) is 16.9 Å². The number of hydrogen-bond acceptors (Lipinski definition) is 7. The predicted octanol–water partition coefficient (Wildman–Crippen LogP) is 3.29. The van der Waals surface area contributed by atoms with Crippen molar-refractivity contribution in [1.29, 1.82) is 0 Å². The Morgan fingerprint density at radius 3 is 2.74 bits per heavy atom. The fraction of sp³-hybridized carbons (Fsp3) is 0.429. The standard InChI is InChI=1S/C28H28FN3O5S/c1-4-28(36)17-8-21-25-15(10-32(21)26(34)16(17)11-37-27(28)35)24-20(31(5-2)22(33)12-38)7-6-14-13(3)18(29)9-19(30-25)23(14)24/h8-9,20,36,38H,4-7,10-12H2,1-3H3/t20-,28-/m0/s1. The van der Waals surface area contributed by atoms with Crippen molar-refractivity contribution in [3.8, 4) is 11.4 Å². The molecule has 1 amide bonds. The summed E-state index contributed by atoms with van der Waals surface area (Å²) in [5, 5.41) is 12.0. The first-order chi connectivity index (χ1) is 18.2. The number of aryl methyl sites for hydroxylation is 1. The Morgan fingerprint density at radius 1 is 1.29 bits per heavy atom. The van der Waals surface area contributed by atoms with Gasteiger partial charge in [0.15, 0.2) is 5.60 Å². The van der Waals surface area contributed by atoms with Gasteiger partial charge in [-0.2, -0.15) is 12.6 Å². The van der Waals surface area contributed by atoms with Crippen LogP contribution in [0.5, 0.6) is 0 Å². The Balaban J connectivity index is 1.68. The first-order valence-electron chi connectivity index (χ1n) is 12.9. The van der Waals surface area contributed by atoms with E-state index in [9.17, 15) is 19.5 Å². The average Bonchev–Trinajstić information content (AvgIpc) is 3.29. The lowest BCUT2D eigenvalue weighted by Crippen LogP contribution is -2.44. The molecule has 4 heterocycles. The number of rotatable bonds is 4. The van der Waals surface area contributed by atoms with E-state index in [1.165, 1.54) is 6.07 Å². The summed E-state index contributed by atoms with van der Waals surface area (Å²) in [6.07, 6.45) is 1.24. The summed E-state index contributed by atoms with van der Waals surface area (Å²) in [6, 6.07) is 2.78. The molecule has 1 aromatic carbocycles. The van der Waals surface area contributed by atoms with Crippen LogP contribution < -0.4 is 5.56 Å². The molecule has 3 aromatic rings. The second-order valence-corrected chi connectivity index (χ2v) is 10.5. The van der Waals surface area contributed by atoms with Crippen molar-refractivity contribution in [2.24, 2.45) is 0 Å². The first-order valence-corrected chi connectivity index (χ1v) is 13.5. The molecule has 1 N–H and O–H groups in total. The molecule has 6 rings (SSSR count). The van der Waals surface area contributed by atoms with Crippen molar-refractivity contribution in [1.82, 2.24) is 14.5 Å². The summed E-state index contributed by atoms with van der Waals surface area (Å²) in [4.78, 5) is 45.8. The molecule has 0 radical (unpaired) electrons. The highest BCUT2D eigenvalue weighted by Crippen LogP contribution is 2.47. The number of hydrogen-bond donors (Lipinski definition) is 2. The maximum atomic E-state index is 15.0. The Kier molecular flexibility index (Phi) is 5.70. The third-order valence-corrected chi connectivity index (χ3v) is 8.79. The van der Waals surface area contributed by atoms with Crippen molar-refractivity contribution in [2.75, 3.05) is 12.3 Å². The molecule has 1 aliphatic carbocycles. The van der Waals surface area contributed by atoms with Gasteiger partial charge in [0.1, 0.15) is 12.4 Å². The molecular weight excluding hydrogens is 509 g/mol. The van der Waals surface area contributed by atoms with E-state index < -0.39 is 11.6 Å². The summed E-state index contributed by atoms with van der Waals surface area (Å²) < 4.78 is 21.8. The topological polar surface area (TPSA) is 102 Å². The number of carbonyl (C=O) groups is 2. The minimum atomic E-state index is -1.94. The molecule has 0 saturated carbocycles. The van der Waals surface area contributed by atoms with Crippen LogP contribution in [0, 0.1) is 12.7 Å². The van der Waals surface area contributed by atoms with E-state index >= 15 is 4.39 Å². The number of esters is 1. The zero-order chi connectivity index (χ0) is 27.1. The second-order valence-electron chi connectivity index (χ2n) is 10.2. The SMILES string of the molecule is CCN(C(=O)CS)[C@H]1CCc2c(C)c(F)cc3nc4c(c1c23)Cn1c-4cc2c(c1=O)COC(=O)[C@]2(O)CC. The van der Waals surface area contributed by atoms with Crippen molar-refractivity contribution in [3.63, 3.8) is 0 Å². The second kappa shape index (κ2) is 8.64. The number of cyclic esters (lactones) is 1. The van der Waals surface area contributed by atoms with E-state index in [0.29, 0.717) is 41.9 Å². The molecule has 0 saturated heterocycles. The van der Waals surface area contributed by atoms with Gasteiger partial charge in [-0.3, -0.25) is 9.59 Å². The number of amides is 1.